The van der Waals surface area contributed by atoms with Gasteiger partial charge in [0.1, 0.15) is 0 Å². The maximum atomic E-state index is 2.47. The van der Waals surface area contributed by atoms with E-state index in [0.29, 0.717) is 0 Å². The van der Waals surface area contributed by atoms with Crippen LogP contribution in [0.2, 0.25) is 0 Å². The first-order valence-electron chi connectivity index (χ1n) is 10.6. The van der Waals surface area contributed by atoms with E-state index in [0.717, 1.165) is 0 Å². The van der Waals surface area contributed by atoms with Gasteiger partial charge >= 0.3 is 0 Å². The zero-order chi connectivity index (χ0) is 19.1. The molecule has 0 N–H and O–H groups in total. The molecule has 0 atom stereocenters. The zero-order valence-corrected chi connectivity index (χ0v) is 18.3. The molecule has 0 aromatic carbocycles. The van der Waals surface area contributed by atoms with E-state index in [-0.39, 0.29) is 0 Å². The average Bonchev–Trinajstić information content (AvgIpc) is 2.62. The Balaban J connectivity index is 0.00000277. The lowest BCUT2D eigenvalue weighted by atomic mass is 9.89. The molecule has 1 rings (SSSR count). The van der Waals surface area contributed by atoms with E-state index in [4.69, 9.17) is 0 Å². The van der Waals surface area contributed by atoms with Crippen LogP contribution in [0.25, 0.3) is 0 Å². The van der Waals surface area contributed by atoms with Crippen LogP contribution in [0.15, 0.2) is 46.1 Å². The van der Waals surface area contributed by atoms with Gasteiger partial charge in [-0.3, -0.25) is 0 Å². The Morgan fingerprint density at radius 1 is 0.800 bits per heavy atom. The molecule has 0 unspecified atom stereocenters. The van der Waals surface area contributed by atoms with Gasteiger partial charge in [0, 0.05) is 0 Å². The highest BCUT2D eigenvalue weighted by atomic mass is 14.1. The minimum atomic E-state index is 1.19. The molecule has 0 fully saturated rings. The quantitative estimate of drug-likeness (QED) is 0.366. The predicted molar refractivity (Wildman–Crippen MR) is 117 cm³/mol. The van der Waals surface area contributed by atoms with Crippen molar-refractivity contribution in [1.29, 1.82) is 0 Å². The summed E-state index contributed by atoms with van der Waals surface area (Å²) in [6.45, 7) is 15.3. The SMILES string of the molecule is C/C=C(\C)CC/C=C(\C)CC/C=C(\C)CCC1=C(C)CCCC1.CC. The van der Waals surface area contributed by atoms with Gasteiger partial charge in [-0.05, 0) is 98.8 Å². The third kappa shape index (κ3) is 12.0. The van der Waals surface area contributed by atoms with Crippen molar-refractivity contribution in [2.24, 2.45) is 0 Å². The van der Waals surface area contributed by atoms with Gasteiger partial charge in [0.25, 0.3) is 0 Å². The molecule has 0 heteroatoms. The molecule has 0 saturated heterocycles. The summed E-state index contributed by atoms with van der Waals surface area (Å²) in [7, 11) is 0. The topological polar surface area (TPSA) is 0 Å². The van der Waals surface area contributed by atoms with Gasteiger partial charge in [-0.2, -0.15) is 0 Å². The molecule has 0 amide bonds. The predicted octanol–water partition coefficient (Wildman–Crippen LogP) is 9.10. The smallest absolute Gasteiger partial charge is 0.0280 e. The average molecular weight is 345 g/mol. The Hall–Kier alpha value is -1.04. The van der Waals surface area contributed by atoms with Crippen molar-refractivity contribution in [2.45, 2.75) is 113 Å². The van der Waals surface area contributed by atoms with Crippen LogP contribution in [-0.2, 0) is 0 Å². The third-order valence-corrected chi connectivity index (χ3v) is 5.26. The fourth-order valence-corrected chi connectivity index (χ4v) is 3.25. The monoisotopic (exact) mass is 344 g/mol. The summed E-state index contributed by atoms with van der Waals surface area (Å²) >= 11 is 0. The van der Waals surface area contributed by atoms with Gasteiger partial charge < -0.3 is 0 Å². The van der Waals surface area contributed by atoms with Crippen molar-refractivity contribution >= 4 is 0 Å². The van der Waals surface area contributed by atoms with Crippen molar-refractivity contribution in [3.8, 4) is 0 Å². The van der Waals surface area contributed by atoms with Crippen LogP contribution in [0.5, 0.6) is 0 Å². The largest absolute Gasteiger partial charge is 0.0887 e. The second-order valence-corrected chi connectivity index (χ2v) is 7.40. The van der Waals surface area contributed by atoms with Crippen LogP contribution < -0.4 is 0 Å². The van der Waals surface area contributed by atoms with Gasteiger partial charge in [0.2, 0.25) is 0 Å². The van der Waals surface area contributed by atoms with E-state index in [1.54, 1.807) is 22.3 Å². The van der Waals surface area contributed by atoms with Gasteiger partial charge in [0.05, 0.1) is 0 Å². The van der Waals surface area contributed by atoms with E-state index in [1.807, 2.05) is 13.8 Å². The fraction of sp³-hybridized carbons (Fsp3) is 0.680. The van der Waals surface area contributed by atoms with Crippen molar-refractivity contribution in [2.75, 3.05) is 0 Å². The first-order valence-corrected chi connectivity index (χ1v) is 10.6. The van der Waals surface area contributed by atoms with Crippen molar-refractivity contribution in [1.82, 2.24) is 0 Å². The zero-order valence-electron chi connectivity index (χ0n) is 18.3. The molecule has 144 valence electrons. The lowest BCUT2D eigenvalue weighted by Crippen LogP contribution is -1.97. The Morgan fingerprint density at radius 3 is 1.88 bits per heavy atom. The van der Waals surface area contributed by atoms with Crippen molar-refractivity contribution in [3.63, 3.8) is 0 Å². The van der Waals surface area contributed by atoms with Crippen LogP contribution in [0.1, 0.15) is 113 Å². The Labute approximate surface area is 159 Å². The molecule has 0 spiro atoms. The molecule has 0 aromatic rings. The lowest BCUT2D eigenvalue weighted by Gasteiger charge is -2.17. The Morgan fingerprint density at radius 2 is 1.32 bits per heavy atom. The summed E-state index contributed by atoms with van der Waals surface area (Å²) in [6, 6.07) is 0. The molecular weight excluding hydrogens is 300 g/mol. The maximum Gasteiger partial charge on any atom is -0.0280 e. The highest BCUT2D eigenvalue weighted by molar-refractivity contribution is 5.16. The van der Waals surface area contributed by atoms with Crippen LogP contribution in [0.3, 0.4) is 0 Å². The van der Waals surface area contributed by atoms with Crippen LogP contribution in [-0.4, -0.2) is 0 Å². The summed E-state index contributed by atoms with van der Waals surface area (Å²) in [5.41, 5.74) is 8.05. The lowest BCUT2D eigenvalue weighted by molar-refractivity contribution is 0.645. The molecule has 0 aromatic heterocycles. The van der Waals surface area contributed by atoms with Crippen LogP contribution in [0, 0.1) is 0 Å². The molecule has 1 aliphatic carbocycles. The highest BCUT2D eigenvalue weighted by Gasteiger charge is 2.08. The van der Waals surface area contributed by atoms with Gasteiger partial charge in [-0.25, -0.2) is 0 Å². The molecule has 0 heterocycles. The van der Waals surface area contributed by atoms with Crippen LogP contribution >= 0.6 is 0 Å². The highest BCUT2D eigenvalue weighted by Crippen LogP contribution is 2.28. The van der Waals surface area contributed by atoms with Crippen LogP contribution in [0.4, 0.5) is 0 Å². The second kappa shape index (κ2) is 15.2. The first-order chi connectivity index (χ1) is 12.0. The summed E-state index contributed by atoms with van der Waals surface area (Å²) in [5, 5.41) is 0. The molecular formula is C25H44. The minimum Gasteiger partial charge on any atom is -0.0887 e. The normalized spacial score (nSPS) is 16.7. The molecule has 1 aliphatic rings. The fourth-order valence-electron chi connectivity index (χ4n) is 3.25. The summed E-state index contributed by atoms with van der Waals surface area (Å²) < 4.78 is 0. The minimum absolute atomic E-state index is 1.19. The molecule has 0 nitrogen and oxygen atoms in total. The summed E-state index contributed by atoms with van der Waals surface area (Å²) in [4.78, 5) is 0. The van der Waals surface area contributed by atoms with E-state index >= 15 is 0 Å². The Kier molecular flexibility index (Phi) is 14.6. The van der Waals surface area contributed by atoms with E-state index < -0.39 is 0 Å². The van der Waals surface area contributed by atoms with Crippen molar-refractivity contribution < 1.29 is 0 Å². The number of hydrogen-bond acceptors (Lipinski definition) is 0. The molecule has 0 bridgehead atoms. The number of rotatable bonds is 9. The van der Waals surface area contributed by atoms with Gasteiger partial charge in [-0.15, -0.1) is 0 Å². The maximum absolute atomic E-state index is 2.47. The molecule has 25 heavy (non-hydrogen) atoms. The standard InChI is InChI=1S/C23H38.C2H6/c1-6-19(2)11-9-12-20(3)13-10-14-21(4)17-18-23-16-8-7-15-22(23)5;1-2/h6,12,14H,7-11,13,15-18H2,1-5H3;1-2H3/b19-6+,20-12+,21-14+;. The first kappa shape index (κ1) is 24.0. The number of allylic oxidation sites excluding steroid dienone is 8. The summed E-state index contributed by atoms with van der Waals surface area (Å²) in [5.74, 6) is 0. The molecule has 0 radical (unpaired) electrons. The van der Waals surface area contributed by atoms with Crippen molar-refractivity contribution in [3.05, 3.63) is 46.1 Å². The summed E-state index contributed by atoms with van der Waals surface area (Å²) in [6.07, 6.45) is 20.0. The Bertz CT molecular complexity index is 468. The van der Waals surface area contributed by atoms with E-state index in [9.17, 15) is 0 Å². The third-order valence-electron chi connectivity index (χ3n) is 5.26. The van der Waals surface area contributed by atoms with E-state index in [2.05, 4.69) is 52.8 Å². The second-order valence-electron chi connectivity index (χ2n) is 7.40. The van der Waals surface area contributed by atoms with Gasteiger partial charge in [-0.1, -0.05) is 59.9 Å². The molecule has 0 aliphatic heterocycles. The molecule has 0 saturated carbocycles. The van der Waals surface area contributed by atoms with Gasteiger partial charge in [0.15, 0.2) is 0 Å². The van der Waals surface area contributed by atoms with E-state index in [1.165, 1.54) is 69.8 Å². The number of hydrogen-bond donors (Lipinski definition) is 0.